The van der Waals surface area contributed by atoms with Crippen LogP contribution in [0.25, 0.3) is 5.57 Å². The summed E-state index contributed by atoms with van der Waals surface area (Å²) in [4.78, 5) is 28.3. The van der Waals surface area contributed by atoms with Gasteiger partial charge in [-0.05, 0) is 50.3 Å². The molecule has 0 radical (unpaired) electrons. The van der Waals surface area contributed by atoms with E-state index in [4.69, 9.17) is 16.3 Å². The van der Waals surface area contributed by atoms with Gasteiger partial charge in [-0.2, -0.15) is 0 Å². The number of amides is 2. The predicted molar refractivity (Wildman–Crippen MR) is 140 cm³/mol. The molecular weight excluding hydrogens is 460 g/mol. The minimum atomic E-state index is -0.542. The van der Waals surface area contributed by atoms with Crippen molar-refractivity contribution in [1.82, 2.24) is 10.2 Å². The number of nitrogens with zero attached hydrogens (tertiary/aromatic N) is 1. The third kappa shape index (κ3) is 5.62. The lowest BCUT2D eigenvalue weighted by Crippen LogP contribution is -2.47. The van der Waals surface area contributed by atoms with Crippen LogP contribution in [0.15, 0.2) is 60.2 Å². The van der Waals surface area contributed by atoms with Gasteiger partial charge in [-0.3, -0.25) is 9.59 Å². The van der Waals surface area contributed by atoms with E-state index in [1.165, 1.54) is 6.42 Å². The Labute approximate surface area is 213 Å². The van der Waals surface area contributed by atoms with E-state index in [0.29, 0.717) is 36.7 Å². The molecule has 4 rings (SSSR count). The molecule has 1 unspecified atom stereocenters. The van der Waals surface area contributed by atoms with E-state index in [0.717, 1.165) is 42.4 Å². The Balaban J connectivity index is 1.53. The summed E-state index contributed by atoms with van der Waals surface area (Å²) < 4.78 is 5.89. The van der Waals surface area contributed by atoms with Gasteiger partial charge in [0.05, 0.1) is 12.1 Å². The van der Waals surface area contributed by atoms with Gasteiger partial charge in [0.15, 0.2) is 0 Å². The Morgan fingerprint density at radius 3 is 2.46 bits per heavy atom. The van der Waals surface area contributed by atoms with Crippen LogP contribution in [0, 0.1) is 0 Å². The third-order valence-corrected chi connectivity index (χ3v) is 7.65. The van der Waals surface area contributed by atoms with Gasteiger partial charge in [-0.15, -0.1) is 0 Å². The highest BCUT2D eigenvalue weighted by atomic mass is 35.5. The zero-order chi connectivity index (χ0) is 24.8. The van der Waals surface area contributed by atoms with E-state index in [1.807, 2.05) is 73.3 Å². The van der Waals surface area contributed by atoms with Gasteiger partial charge in [0.25, 0.3) is 11.8 Å². The van der Waals surface area contributed by atoms with Gasteiger partial charge in [0.2, 0.25) is 0 Å². The molecule has 1 aliphatic heterocycles. The average molecular weight is 495 g/mol. The molecular formula is C29H35ClN2O3. The van der Waals surface area contributed by atoms with Crippen molar-refractivity contribution in [2.45, 2.75) is 70.6 Å². The van der Waals surface area contributed by atoms with Crippen molar-refractivity contribution in [3.8, 4) is 0 Å². The van der Waals surface area contributed by atoms with Crippen LogP contribution in [0.1, 0.15) is 63.5 Å². The maximum Gasteiger partial charge on any atom is 0.252 e. The van der Waals surface area contributed by atoms with Gasteiger partial charge in [0.1, 0.15) is 6.10 Å². The Kier molecular flexibility index (Phi) is 8.30. The normalized spacial score (nSPS) is 18.0. The van der Waals surface area contributed by atoms with Gasteiger partial charge >= 0.3 is 0 Å². The largest absolute Gasteiger partial charge is 0.364 e. The lowest BCUT2D eigenvalue weighted by atomic mass is 9.75. The van der Waals surface area contributed by atoms with Crippen molar-refractivity contribution < 1.29 is 14.3 Å². The maximum absolute atomic E-state index is 13.3. The summed E-state index contributed by atoms with van der Waals surface area (Å²) in [5, 5.41) is 3.91. The number of ether oxygens (including phenoxy) is 1. The summed E-state index contributed by atoms with van der Waals surface area (Å²) in [7, 11) is 0. The minimum absolute atomic E-state index is 0.0294. The second-order valence-corrected chi connectivity index (χ2v) is 9.94. The number of hydrogen-bond acceptors (Lipinski definition) is 3. The molecule has 1 aliphatic carbocycles. The van der Waals surface area contributed by atoms with Crippen LogP contribution in [-0.2, 0) is 20.9 Å². The number of halogens is 1. The van der Waals surface area contributed by atoms with E-state index >= 15 is 0 Å². The van der Waals surface area contributed by atoms with E-state index in [-0.39, 0.29) is 17.4 Å². The number of likely N-dealkylation sites (N-methyl/N-ethyl adjacent to an activating group) is 1. The lowest BCUT2D eigenvalue weighted by molar-refractivity contribution is -0.143. The number of hydrogen-bond donors (Lipinski definition) is 1. The number of carbonyl (C=O) groups is 2. The summed E-state index contributed by atoms with van der Waals surface area (Å²) in [5.74, 6) is -0.0813. The molecule has 6 heteroatoms. The summed E-state index contributed by atoms with van der Waals surface area (Å²) in [6, 6.07) is 17.4. The molecule has 2 aromatic carbocycles. The van der Waals surface area contributed by atoms with Crippen molar-refractivity contribution in [3.63, 3.8) is 0 Å². The van der Waals surface area contributed by atoms with E-state index in [9.17, 15) is 9.59 Å². The van der Waals surface area contributed by atoms with Gasteiger partial charge in [-0.1, -0.05) is 79.4 Å². The zero-order valence-electron chi connectivity index (χ0n) is 20.7. The first-order chi connectivity index (χ1) is 16.9. The van der Waals surface area contributed by atoms with Crippen LogP contribution >= 0.6 is 11.6 Å². The van der Waals surface area contributed by atoms with Gasteiger partial charge < -0.3 is 15.0 Å². The zero-order valence-corrected chi connectivity index (χ0v) is 21.4. The molecule has 1 atom stereocenters. The van der Waals surface area contributed by atoms with Crippen molar-refractivity contribution >= 4 is 29.0 Å². The van der Waals surface area contributed by atoms with Crippen LogP contribution in [-0.4, -0.2) is 41.4 Å². The van der Waals surface area contributed by atoms with Gasteiger partial charge in [0, 0.05) is 29.2 Å². The Morgan fingerprint density at radius 2 is 1.77 bits per heavy atom. The monoisotopic (exact) mass is 494 g/mol. The molecule has 1 fully saturated rings. The Morgan fingerprint density at radius 1 is 1.09 bits per heavy atom. The van der Waals surface area contributed by atoms with Crippen LogP contribution in [0.5, 0.6) is 0 Å². The third-order valence-electron chi connectivity index (χ3n) is 7.33. The van der Waals surface area contributed by atoms with Crippen molar-refractivity contribution in [3.05, 3.63) is 76.3 Å². The fraction of sp³-hybridized carbons (Fsp3) is 0.448. The average Bonchev–Trinajstić information content (AvgIpc) is 3.13. The molecule has 1 spiro atoms. The van der Waals surface area contributed by atoms with Crippen molar-refractivity contribution in [1.29, 1.82) is 0 Å². The van der Waals surface area contributed by atoms with E-state index in [2.05, 4.69) is 5.32 Å². The Bertz CT molecular complexity index is 1080. The fourth-order valence-electron chi connectivity index (χ4n) is 5.42. The van der Waals surface area contributed by atoms with Crippen LogP contribution in [0.3, 0.4) is 0 Å². The van der Waals surface area contributed by atoms with Crippen molar-refractivity contribution in [2.24, 2.45) is 0 Å². The Hall–Kier alpha value is -2.63. The molecule has 35 heavy (non-hydrogen) atoms. The topological polar surface area (TPSA) is 58.6 Å². The molecule has 186 valence electrons. The molecule has 1 heterocycles. The molecule has 0 aromatic heterocycles. The molecule has 1 saturated carbocycles. The van der Waals surface area contributed by atoms with E-state index < -0.39 is 6.10 Å². The number of nitrogens with one attached hydrogen (secondary N) is 1. The van der Waals surface area contributed by atoms with Crippen LogP contribution in [0.2, 0.25) is 5.02 Å². The maximum atomic E-state index is 13.3. The first-order valence-electron chi connectivity index (χ1n) is 12.7. The molecule has 0 saturated heterocycles. The highest BCUT2D eigenvalue weighted by molar-refractivity contribution is 6.35. The lowest BCUT2D eigenvalue weighted by Gasteiger charge is -2.37. The van der Waals surface area contributed by atoms with Crippen molar-refractivity contribution in [2.75, 3.05) is 13.1 Å². The summed E-state index contributed by atoms with van der Waals surface area (Å²) in [6.07, 6.45) is 5.30. The van der Waals surface area contributed by atoms with Crippen LogP contribution in [0.4, 0.5) is 0 Å². The molecule has 2 aliphatic rings. The number of rotatable bonds is 9. The van der Waals surface area contributed by atoms with E-state index in [1.54, 1.807) is 0 Å². The predicted octanol–water partition coefficient (Wildman–Crippen LogP) is 5.77. The fourth-order valence-corrected chi connectivity index (χ4v) is 5.65. The number of carbonyl (C=O) groups excluding carboxylic acids is 2. The van der Waals surface area contributed by atoms with Gasteiger partial charge in [-0.25, -0.2) is 0 Å². The molecule has 5 nitrogen and oxygen atoms in total. The summed E-state index contributed by atoms with van der Waals surface area (Å²) >= 11 is 6.53. The summed E-state index contributed by atoms with van der Waals surface area (Å²) in [5.41, 5.74) is 3.27. The first kappa shape index (κ1) is 25.5. The molecule has 2 aromatic rings. The number of benzene rings is 2. The highest BCUT2D eigenvalue weighted by Crippen LogP contribution is 2.45. The molecule has 1 N–H and O–H groups in total. The SMILES string of the molecule is CCN(CCC1=C(c2ccccc2Cl)C(=O)NC12CCCCC2)C(=O)C(C)OCc1ccccc1. The second kappa shape index (κ2) is 11.4. The standard InChI is InChI=1S/C29H35ClN2O3/c1-3-32(28(34)21(2)35-20-22-12-6-4-7-13-22)19-16-24-26(23-14-8-9-15-25(23)30)27(33)31-29(24)17-10-5-11-18-29/h4,6-9,12-15,21H,3,5,10-11,16-20H2,1-2H3,(H,31,33). The highest BCUT2D eigenvalue weighted by Gasteiger charge is 2.45. The summed E-state index contributed by atoms with van der Waals surface area (Å²) in [6.45, 7) is 5.31. The molecule has 0 bridgehead atoms. The van der Waals surface area contributed by atoms with Crippen LogP contribution < -0.4 is 5.32 Å². The minimum Gasteiger partial charge on any atom is -0.364 e. The smallest absolute Gasteiger partial charge is 0.252 e. The second-order valence-electron chi connectivity index (χ2n) is 9.54. The quantitative estimate of drug-likeness (QED) is 0.481. The molecule has 2 amide bonds. The first-order valence-corrected chi connectivity index (χ1v) is 13.1.